The molecule has 1 rings (SSSR count). The normalized spacial score (nSPS) is 22.7. The van der Waals surface area contributed by atoms with Gasteiger partial charge in [-0.15, -0.1) is 0 Å². The van der Waals surface area contributed by atoms with Crippen LogP contribution in [0.15, 0.2) is 0 Å². The van der Waals surface area contributed by atoms with E-state index in [0.29, 0.717) is 0 Å². The lowest BCUT2D eigenvalue weighted by Gasteiger charge is -2.21. The lowest BCUT2D eigenvalue weighted by molar-refractivity contribution is -0.129. The molecular formula is C10H19N3O2. The van der Waals surface area contributed by atoms with Gasteiger partial charge in [0.2, 0.25) is 11.8 Å². The smallest absolute Gasteiger partial charge is 0.240 e. The van der Waals surface area contributed by atoms with Crippen LogP contribution in [0.5, 0.6) is 0 Å². The maximum atomic E-state index is 11.7. The fourth-order valence-electron chi connectivity index (χ4n) is 1.73. The molecule has 0 saturated carbocycles. The summed E-state index contributed by atoms with van der Waals surface area (Å²) in [5.41, 5.74) is 5.21. The molecule has 2 atom stereocenters. The average molecular weight is 213 g/mol. The number of rotatable bonds is 4. The molecule has 86 valence electrons. The predicted octanol–water partition coefficient (Wildman–Crippen LogP) is -0.635. The van der Waals surface area contributed by atoms with E-state index >= 15 is 0 Å². The summed E-state index contributed by atoms with van der Waals surface area (Å²) >= 11 is 0. The van der Waals surface area contributed by atoms with Gasteiger partial charge in [-0.25, -0.2) is 0 Å². The Morgan fingerprint density at radius 1 is 1.47 bits per heavy atom. The number of primary amides is 1. The second-order valence-electron chi connectivity index (χ2n) is 4.28. The number of nitrogens with one attached hydrogen (secondary N) is 2. The first-order valence-corrected chi connectivity index (χ1v) is 5.35. The number of amides is 2. The Bertz CT molecular complexity index is 247. The third-order valence-corrected chi connectivity index (χ3v) is 2.65. The van der Waals surface area contributed by atoms with Crippen LogP contribution in [0.3, 0.4) is 0 Å². The fraction of sp³-hybridized carbons (Fsp3) is 0.800. The summed E-state index contributed by atoms with van der Waals surface area (Å²) in [5.74, 6) is -0.575. The number of nitrogens with two attached hydrogens (primary N) is 1. The minimum absolute atomic E-state index is 0.0212. The van der Waals surface area contributed by atoms with Gasteiger partial charge in [-0.2, -0.15) is 0 Å². The Morgan fingerprint density at radius 2 is 2.13 bits per heavy atom. The first-order chi connectivity index (χ1) is 7.02. The van der Waals surface area contributed by atoms with E-state index in [9.17, 15) is 9.59 Å². The second kappa shape index (κ2) is 5.11. The first-order valence-electron chi connectivity index (χ1n) is 5.35. The van der Waals surface area contributed by atoms with Crippen molar-refractivity contribution in [3.63, 3.8) is 0 Å². The Hall–Kier alpha value is -1.10. The number of hydrogen-bond donors (Lipinski definition) is 3. The van der Waals surface area contributed by atoms with Crippen LogP contribution in [0.1, 0.15) is 26.7 Å². The quantitative estimate of drug-likeness (QED) is 0.581. The molecule has 0 spiro atoms. The summed E-state index contributed by atoms with van der Waals surface area (Å²) in [5, 5.41) is 5.76. The highest BCUT2D eigenvalue weighted by atomic mass is 16.2. The van der Waals surface area contributed by atoms with Crippen LogP contribution in [0.4, 0.5) is 0 Å². The number of hydrogen-bond acceptors (Lipinski definition) is 3. The molecule has 0 radical (unpaired) electrons. The zero-order valence-electron chi connectivity index (χ0n) is 9.25. The molecule has 1 heterocycles. The molecule has 1 aliphatic rings. The molecule has 1 saturated heterocycles. The van der Waals surface area contributed by atoms with Gasteiger partial charge in [0, 0.05) is 0 Å². The number of carbonyl (C=O) groups is 2. The molecule has 2 amide bonds. The molecule has 1 aliphatic heterocycles. The molecule has 0 aliphatic carbocycles. The van der Waals surface area contributed by atoms with Gasteiger partial charge in [-0.3, -0.25) is 9.59 Å². The maximum Gasteiger partial charge on any atom is 0.240 e. The van der Waals surface area contributed by atoms with Crippen molar-refractivity contribution >= 4 is 11.8 Å². The zero-order chi connectivity index (χ0) is 11.4. The molecule has 1 fully saturated rings. The van der Waals surface area contributed by atoms with Crippen molar-refractivity contribution in [1.29, 1.82) is 0 Å². The van der Waals surface area contributed by atoms with Crippen LogP contribution in [-0.2, 0) is 9.59 Å². The largest absolute Gasteiger partial charge is 0.368 e. The summed E-state index contributed by atoms with van der Waals surface area (Å²) in [6.07, 6.45) is 1.83. The monoisotopic (exact) mass is 213 g/mol. The summed E-state index contributed by atoms with van der Waals surface area (Å²) < 4.78 is 0. The third-order valence-electron chi connectivity index (χ3n) is 2.65. The standard InChI is InChI=1S/C10H19N3O2/c1-6(2)8(9(11)14)13-10(15)7-4-3-5-12-7/h6-8,12H,3-5H2,1-2H3,(H2,11,14)(H,13,15)/t7-,8?/m1/s1. The highest BCUT2D eigenvalue weighted by Gasteiger charge is 2.27. The second-order valence-corrected chi connectivity index (χ2v) is 4.28. The molecule has 5 heteroatoms. The minimum Gasteiger partial charge on any atom is -0.368 e. The van der Waals surface area contributed by atoms with Crippen molar-refractivity contribution in [3.8, 4) is 0 Å². The first kappa shape index (κ1) is 12.0. The maximum absolute atomic E-state index is 11.7. The van der Waals surface area contributed by atoms with Gasteiger partial charge in [0.1, 0.15) is 6.04 Å². The van der Waals surface area contributed by atoms with Crippen molar-refractivity contribution in [2.45, 2.75) is 38.8 Å². The van der Waals surface area contributed by atoms with Crippen LogP contribution in [-0.4, -0.2) is 30.4 Å². The highest BCUT2D eigenvalue weighted by Crippen LogP contribution is 2.07. The van der Waals surface area contributed by atoms with Gasteiger partial charge in [0.15, 0.2) is 0 Å². The third kappa shape index (κ3) is 3.20. The van der Waals surface area contributed by atoms with Gasteiger partial charge in [0.05, 0.1) is 6.04 Å². The van der Waals surface area contributed by atoms with Gasteiger partial charge < -0.3 is 16.4 Å². The van der Waals surface area contributed by atoms with Crippen molar-refractivity contribution in [2.24, 2.45) is 11.7 Å². The Labute approximate surface area is 89.8 Å². The molecule has 0 aromatic rings. The van der Waals surface area contributed by atoms with Crippen molar-refractivity contribution in [1.82, 2.24) is 10.6 Å². The minimum atomic E-state index is -0.570. The fourth-order valence-corrected chi connectivity index (χ4v) is 1.73. The summed E-state index contributed by atoms with van der Waals surface area (Å²) in [7, 11) is 0. The Morgan fingerprint density at radius 3 is 2.53 bits per heavy atom. The van der Waals surface area contributed by atoms with Gasteiger partial charge in [0.25, 0.3) is 0 Å². The van der Waals surface area contributed by atoms with E-state index in [1.54, 1.807) is 0 Å². The predicted molar refractivity (Wildman–Crippen MR) is 57.0 cm³/mol. The number of carbonyl (C=O) groups excluding carboxylic acids is 2. The van der Waals surface area contributed by atoms with Crippen LogP contribution in [0.25, 0.3) is 0 Å². The van der Waals surface area contributed by atoms with E-state index in [1.165, 1.54) is 0 Å². The lowest BCUT2D eigenvalue weighted by atomic mass is 10.0. The van der Waals surface area contributed by atoms with Gasteiger partial charge >= 0.3 is 0 Å². The van der Waals surface area contributed by atoms with Crippen LogP contribution in [0, 0.1) is 5.92 Å². The van der Waals surface area contributed by atoms with E-state index in [1.807, 2.05) is 13.8 Å². The molecule has 5 nitrogen and oxygen atoms in total. The summed E-state index contributed by atoms with van der Waals surface area (Å²) in [4.78, 5) is 22.8. The summed E-state index contributed by atoms with van der Waals surface area (Å²) in [6.45, 7) is 4.58. The lowest BCUT2D eigenvalue weighted by Crippen LogP contribution is -2.52. The van der Waals surface area contributed by atoms with Crippen LogP contribution < -0.4 is 16.4 Å². The van der Waals surface area contributed by atoms with Crippen molar-refractivity contribution in [3.05, 3.63) is 0 Å². The molecule has 1 unspecified atom stereocenters. The van der Waals surface area contributed by atoms with E-state index in [0.717, 1.165) is 19.4 Å². The van der Waals surface area contributed by atoms with E-state index in [4.69, 9.17) is 5.73 Å². The van der Waals surface area contributed by atoms with Gasteiger partial charge in [-0.05, 0) is 25.3 Å². The SMILES string of the molecule is CC(C)C(NC(=O)[C@H]1CCCN1)C(N)=O. The Balaban J connectivity index is 2.50. The van der Waals surface area contributed by atoms with E-state index in [2.05, 4.69) is 10.6 Å². The molecule has 0 aromatic carbocycles. The van der Waals surface area contributed by atoms with Crippen LogP contribution >= 0.6 is 0 Å². The molecular weight excluding hydrogens is 194 g/mol. The van der Waals surface area contributed by atoms with E-state index in [-0.39, 0.29) is 17.9 Å². The van der Waals surface area contributed by atoms with E-state index < -0.39 is 11.9 Å². The van der Waals surface area contributed by atoms with Crippen molar-refractivity contribution in [2.75, 3.05) is 6.54 Å². The molecule has 15 heavy (non-hydrogen) atoms. The highest BCUT2D eigenvalue weighted by molar-refractivity contribution is 5.89. The van der Waals surface area contributed by atoms with Crippen LogP contribution in [0.2, 0.25) is 0 Å². The summed E-state index contributed by atoms with van der Waals surface area (Å²) in [6, 6.07) is -0.731. The molecule has 0 aromatic heterocycles. The van der Waals surface area contributed by atoms with Crippen molar-refractivity contribution < 1.29 is 9.59 Å². The average Bonchev–Trinajstić information content (AvgIpc) is 2.65. The Kier molecular flexibility index (Phi) is 4.08. The molecule has 4 N–H and O–H groups in total. The zero-order valence-corrected chi connectivity index (χ0v) is 9.25. The topological polar surface area (TPSA) is 84.2 Å². The van der Waals surface area contributed by atoms with Gasteiger partial charge in [-0.1, -0.05) is 13.8 Å². The molecule has 0 bridgehead atoms.